The molecule has 0 fully saturated rings. The predicted octanol–water partition coefficient (Wildman–Crippen LogP) is 11.1. The number of quaternary nitrogens is 1. The first kappa shape index (κ1) is 51.2. The number of hydrogen-bond acceptors (Lipinski definition) is 8. The van der Waals surface area contributed by atoms with Gasteiger partial charge in [-0.05, 0) is 64.2 Å². The Bertz CT molecular complexity index is 1010. The number of phosphoric acid groups is 1. The maximum Gasteiger partial charge on any atom is 0.306 e. The number of rotatable bonds is 38. The first-order valence-corrected chi connectivity index (χ1v) is 22.7. The van der Waals surface area contributed by atoms with Crippen LogP contribution in [0.2, 0.25) is 0 Å². The summed E-state index contributed by atoms with van der Waals surface area (Å²) >= 11 is 0. The molecule has 0 aliphatic heterocycles. The van der Waals surface area contributed by atoms with Crippen LogP contribution >= 0.6 is 7.82 Å². The Morgan fingerprint density at radius 1 is 0.585 bits per heavy atom. The van der Waals surface area contributed by atoms with Crippen molar-refractivity contribution in [1.82, 2.24) is 0 Å². The van der Waals surface area contributed by atoms with Gasteiger partial charge < -0.3 is 27.9 Å². The molecule has 0 saturated heterocycles. The molecule has 1 unspecified atom stereocenters. The molecule has 0 rings (SSSR count). The quantitative estimate of drug-likeness (QED) is 0.0201. The third-order valence-corrected chi connectivity index (χ3v) is 9.85. The number of ether oxygens (including phenoxy) is 2. The van der Waals surface area contributed by atoms with E-state index in [0.717, 1.165) is 64.2 Å². The van der Waals surface area contributed by atoms with E-state index in [2.05, 4.69) is 50.3 Å². The second kappa shape index (κ2) is 35.9. The van der Waals surface area contributed by atoms with Gasteiger partial charge in [-0.1, -0.05) is 134 Å². The van der Waals surface area contributed by atoms with Crippen LogP contribution in [0.5, 0.6) is 0 Å². The number of phosphoric ester groups is 1. The summed E-state index contributed by atoms with van der Waals surface area (Å²) in [4.78, 5) is 37.4. The van der Waals surface area contributed by atoms with Gasteiger partial charge in [0.25, 0.3) is 7.82 Å². The standard InChI is InChI=1S/C43H80NO8P/c1-6-8-10-12-14-16-18-20-22-24-25-27-29-31-33-35-42(45)49-39-41(40-51-53(47,48)50-38-37-44(3,4)5)52-43(46)36-34-32-30-28-26-23-21-19-17-15-13-11-9-7-2/h13,15,19,21,25,27,41H,6-12,14,16-18,20,22-24,26,28-40H2,1-5H3/b15-13+,21-19+,27-25+/t41-/m1/s1. The molecule has 0 aromatic rings. The fourth-order valence-electron chi connectivity index (χ4n) is 5.49. The van der Waals surface area contributed by atoms with Gasteiger partial charge in [-0.3, -0.25) is 14.2 Å². The number of allylic oxidation sites excluding steroid dienone is 6. The number of hydrogen-bond donors (Lipinski definition) is 0. The van der Waals surface area contributed by atoms with Crippen molar-refractivity contribution < 1.29 is 42.1 Å². The Kier molecular flexibility index (Phi) is 34.7. The van der Waals surface area contributed by atoms with Gasteiger partial charge in [-0.2, -0.15) is 0 Å². The van der Waals surface area contributed by atoms with E-state index >= 15 is 0 Å². The lowest BCUT2D eigenvalue weighted by Crippen LogP contribution is -2.37. The van der Waals surface area contributed by atoms with Gasteiger partial charge in [0, 0.05) is 12.8 Å². The normalized spacial score (nSPS) is 14.0. The second-order valence-corrected chi connectivity index (χ2v) is 16.8. The summed E-state index contributed by atoms with van der Waals surface area (Å²) in [5.74, 6) is -0.877. The highest BCUT2D eigenvalue weighted by molar-refractivity contribution is 7.45. The number of unbranched alkanes of at least 4 members (excludes halogenated alkanes) is 18. The average molecular weight is 770 g/mol. The summed E-state index contributed by atoms with van der Waals surface area (Å²) in [6.07, 6.45) is 38.8. The van der Waals surface area contributed by atoms with Crippen molar-refractivity contribution in [3.63, 3.8) is 0 Å². The maximum absolute atomic E-state index is 12.6. The van der Waals surface area contributed by atoms with Gasteiger partial charge in [0.2, 0.25) is 0 Å². The fraction of sp³-hybridized carbons (Fsp3) is 0.814. The summed E-state index contributed by atoms with van der Waals surface area (Å²) in [7, 11) is 1.14. The van der Waals surface area contributed by atoms with Crippen LogP contribution in [0.15, 0.2) is 36.5 Å². The number of carbonyl (C=O) groups is 2. The number of carbonyl (C=O) groups excluding carboxylic acids is 2. The zero-order chi connectivity index (χ0) is 39.3. The third-order valence-electron chi connectivity index (χ3n) is 8.88. The van der Waals surface area contributed by atoms with Crippen LogP contribution in [0.3, 0.4) is 0 Å². The Balaban J connectivity index is 4.43. The monoisotopic (exact) mass is 770 g/mol. The molecule has 310 valence electrons. The predicted molar refractivity (Wildman–Crippen MR) is 217 cm³/mol. The van der Waals surface area contributed by atoms with E-state index in [1.807, 2.05) is 21.1 Å². The molecule has 10 heteroatoms. The van der Waals surface area contributed by atoms with Crippen molar-refractivity contribution in [2.75, 3.05) is 47.5 Å². The number of esters is 2. The average Bonchev–Trinajstić information content (AvgIpc) is 3.10. The molecule has 0 aromatic heterocycles. The number of nitrogens with zero attached hydrogens (tertiary/aromatic N) is 1. The summed E-state index contributed by atoms with van der Waals surface area (Å²) in [6, 6.07) is 0. The van der Waals surface area contributed by atoms with Crippen molar-refractivity contribution in [1.29, 1.82) is 0 Å². The number of likely N-dealkylation sites (N-methyl/N-ethyl adjacent to an activating group) is 1. The Morgan fingerprint density at radius 3 is 1.60 bits per heavy atom. The van der Waals surface area contributed by atoms with Gasteiger partial charge in [0.15, 0.2) is 6.10 Å². The highest BCUT2D eigenvalue weighted by Crippen LogP contribution is 2.38. The van der Waals surface area contributed by atoms with Crippen molar-refractivity contribution in [3.05, 3.63) is 36.5 Å². The van der Waals surface area contributed by atoms with Gasteiger partial charge in [0.05, 0.1) is 27.7 Å². The molecule has 0 heterocycles. The van der Waals surface area contributed by atoms with Crippen LogP contribution in [0, 0.1) is 0 Å². The lowest BCUT2D eigenvalue weighted by atomic mass is 10.1. The van der Waals surface area contributed by atoms with Crippen LogP contribution in [-0.2, 0) is 32.7 Å². The minimum Gasteiger partial charge on any atom is -0.756 e. The highest BCUT2D eigenvalue weighted by Gasteiger charge is 2.21. The van der Waals surface area contributed by atoms with Gasteiger partial charge >= 0.3 is 11.9 Å². The molecule has 0 amide bonds. The lowest BCUT2D eigenvalue weighted by Gasteiger charge is -2.28. The van der Waals surface area contributed by atoms with Crippen LogP contribution in [0.25, 0.3) is 0 Å². The van der Waals surface area contributed by atoms with Crippen LogP contribution in [0.4, 0.5) is 0 Å². The Labute approximate surface area is 325 Å². The molecule has 0 radical (unpaired) electrons. The van der Waals surface area contributed by atoms with E-state index < -0.39 is 32.5 Å². The van der Waals surface area contributed by atoms with E-state index in [4.69, 9.17) is 18.5 Å². The first-order chi connectivity index (χ1) is 25.5. The summed E-state index contributed by atoms with van der Waals surface area (Å²) < 4.78 is 33.8. The van der Waals surface area contributed by atoms with Crippen molar-refractivity contribution >= 4 is 19.8 Å². The second-order valence-electron chi connectivity index (χ2n) is 15.3. The smallest absolute Gasteiger partial charge is 0.306 e. The van der Waals surface area contributed by atoms with Gasteiger partial charge in [-0.15, -0.1) is 0 Å². The SMILES string of the molecule is CCCC/C=C/C/C=C/CCCCCCCC(=O)O[C@H](COC(=O)CCCC/C=C/CCCCCCCCCCC)COP(=O)([O-])OCC[N+](C)(C)C. The van der Waals surface area contributed by atoms with E-state index in [1.54, 1.807) is 0 Å². The zero-order valence-corrected chi connectivity index (χ0v) is 35.6. The molecule has 0 aliphatic carbocycles. The van der Waals surface area contributed by atoms with E-state index in [-0.39, 0.29) is 26.1 Å². The molecule has 0 spiro atoms. The Morgan fingerprint density at radius 2 is 1.04 bits per heavy atom. The maximum atomic E-state index is 12.6. The van der Waals surface area contributed by atoms with E-state index in [9.17, 15) is 19.0 Å². The fourth-order valence-corrected chi connectivity index (χ4v) is 6.22. The summed E-state index contributed by atoms with van der Waals surface area (Å²) in [6.45, 7) is 4.14. The van der Waals surface area contributed by atoms with Crippen molar-refractivity contribution in [2.45, 2.75) is 180 Å². The molecule has 9 nitrogen and oxygen atoms in total. The zero-order valence-electron chi connectivity index (χ0n) is 34.7. The van der Waals surface area contributed by atoms with E-state index in [0.29, 0.717) is 23.9 Å². The first-order valence-electron chi connectivity index (χ1n) is 21.2. The molecule has 0 saturated carbocycles. The van der Waals surface area contributed by atoms with Crippen LogP contribution in [-0.4, -0.2) is 70.0 Å². The molecule has 0 bridgehead atoms. The Hall–Kier alpha value is -1.77. The minimum atomic E-state index is -4.63. The van der Waals surface area contributed by atoms with Crippen LogP contribution < -0.4 is 4.89 Å². The summed E-state index contributed by atoms with van der Waals surface area (Å²) in [5, 5.41) is 0. The van der Waals surface area contributed by atoms with E-state index in [1.165, 1.54) is 70.6 Å². The largest absolute Gasteiger partial charge is 0.756 e. The van der Waals surface area contributed by atoms with Gasteiger partial charge in [-0.25, -0.2) is 0 Å². The van der Waals surface area contributed by atoms with Crippen molar-refractivity contribution in [3.8, 4) is 0 Å². The van der Waals surface area contributed by atoms with Gasteiger partial charge in [0.1, 0.15) is 19.8 Å². The summed E-state index contributed by atoms with van der Waals surface area (Å²) in [5.41, 5.74) is 0. The minimum absolute atomic E-state index is 0.0368. The molecule has 53 heavy (non-hydrogen) atoms. The topological polar surface area (TPSA) is 111 Å². The molecule has 0 aromatic carbocycles. The highest BCUT2D eigenvalue weighted by atomic mass is 31.2. The van der Waals surface area contributed by atoms with Crippen LogP contribution in [0.1, 0.15) is 174 Å². The molecule has 2 atom stereocenters. The molecular formula is C43H80NO8P. The lowest BCUT2D eigenvalue weighted by molar-refractivity contribution is -0.870. The van der Waals surface area contributed by atoms with Crippen molar-refractivity contribution in [2.24, 2.45) is 0 Å². The molecular weight excluding hydrogens is 689 g/mol. The molecule has 0 aliphatic rings. The molecule has 0 N–H and O–H groups in total. The third kappa shape index (κ3) is 39.7.